The number of ether oxygens (including phenoxy) is 2. The summed E-state index contributed by atoms with van der Waals surface area (Å²) >= 11 is 0. The van der Waals surface area contributed by atoms with Crippen molar-refractivity contribution in [1.82, 2.24) is 15.5 Å². The Morgan fingerprint density at radius 3 is 2.02 bits per heavy atom. The van der Waals surface area contributed by atoms with Crippen molar-refractivity contribution in [3.63, 3.8) is 0 Å². The van der Waals surface area contributed by atoms with Gasteiger partial charge in [-0.05, 0) is 96.9 Å². The maximum absolute atomic E-state index is 14.5. The lowest BCUT2D eigenvalue weighted by Gasteiger charge is -2.36. The van der Waals surface area contributed by atoms with Crippen LogP contribution in [-0.4, -0.2) is 58.1 Å². The van der Waals surface area contributed by atoms with Crippen LogP contribution in [0.15, 0.2) is 48.5 Å². The third kappa shape index (κ3) is 9.56. The van der Waals surface area contributed by atoms with Crippen LogP contribution in [0.1, 0.15) is 90.1 Å². The number of alkyl carbamates (subject to hydrolysis) is 1. The molecular weight excluding hydrogens is 558 g/mol. The standard InChI is InChI=1S/C35H49N3O6/c1-21-15-14-18-26(23(21)3)29(38(28-19-22(28)2)31(40)24(4)36-33(42)44-35(8,9)10)30(39)37-27(32(41)43-34(5,6)7)20-25-16-12-11-13-17-25/h11-18,22,24,27-29H,19-20H2,1-10H3,(H,36,42)(H,37,39). The fourth-order valence-corrected chi connectivity index (χ4v) is 5.10. The Balaban J connectivity index is 2.04. The average molecular weight is 608 g/mol. The second kappa shape index (κ2) is 13.8. The molecule has 240 valence electrons. The second-order valence-electron chi connectivity index (χ2n) is 13.9. The first-order valence-electron chi connectivity index (χ1n) is 15.3. The number of hydrogen-bond donors (Lipinski definition) is 2. The molecule has 9 heteroatoms. The molecule has 0 heterocycles. The molecule has 1 fully saturated rings. The predicted octanol–water partition coefficient (Wildman–Crippen LogP) is 5.56. The van der Waals surface area contributed by atoms with Crippen LogP contribution >= 0.6 is 0 Å². The van der Waals surface area contributed by atoms with Gasteiger partial charge in [0.1, 0.15) is 29.3 Å². The van der Waals surface area contributed by atoms with Gasteiger partial charge in [0.2, 0.25) is 11.8 Å². The Bertz CT molecular complexity index is 1340. The molecule has 44 heavy (non-hydrogen) atoms. The summed E-state index contributed by atoms with van der Waals surface area (Å²) in [6.45, 7) is 18.0. The number of nitrogens with one attached hydrogen (secondary N) is 2. The topological polar surface area (TPSA) is 114 Å². The van der Waals surface area contributed by atoms with Gasteiger partial charge in [-0.2, -0.15) is 0 Å². The number of esters is 1. The van der Waals surface area contributed by atoms with Crippen molar-refractivity contribution in [2.24, 2.45) is 5.92 Å². The quantitative estimate of drug-likeness (QED) is 0.342. The first-order valence-corrected chi connectivity index (χ1v) is 15.3. The highest BCUT2D eigenvalue weighted by molar-refractivity contribution is 5.94. The van der Waals surface area contributed by atoms with Crippen molar-refractivity contribution in [3.05, 3.63) is 70.8 Å². The second-order valence-corrected chi connectivity index (χ2v) is 13.9. The Kier molecular flexibility index (Phi) is 10.9. The Labute approximate surface area is 262 Å². The van der Waals surface area contributed by atoms with Gasteiger partial charge in [0.25, 0.3) is 0 Å². The van der Waals surface area contributed by atoms with Crippen molar-refractivity contribution >= 4 is 23.9 Å². The minimum atomic E-state index is -1.05. The summed E-state index contributed by atoms with van der Waals surface area (Å²) in [6, 6.07) is 11.8. The normalized spacial score (nSPS) is 18.3. The third-order valence-electron chi connectivity index (χ3n) is 7.54. The molecule has 3 amide bonds. The first-order chi connectivity index (χ1) is 20.4. The Hall–Kier alpha value is -3.88. The van der Waals surface area contributed by atoms with E-state index in [4.69, 9.17) is 9.47 Å². The summed E-state index contributed by atoms with van der Waals surface area (Å²) in [5.74, 6) is -1.32. The highest BCUT2D eigenvalue weighted by atomic mass is 16.6. The molecule has 2 aromatic rings. The van der Waals surface area contributed by atoms with E-state index in [1.807, 2.05) is 69.3 Å². The predicted molar refractivity (Wildman–Crippen MR) is 170 cm³/mol. The molecule has 2 aromatic carbocycles. The van der Waals surface area contributed by atoms with Crippen molar-refractivity contribution in [1.29, 1.82) is 0 Å². The number of rotatable bonds is 10. The number of nitrogens with zero attached hydrogens (tertiary/aromatic N) is 1. The molecule has 0 aromatic heterocycles. The molecule has 0 bridgehead atoms. The summed E-state index contributed by atoms with van der Waals surface area (Å²) < 4.78 is 11.1. The highest BCUT2D eigenvalue weighted by Gasteiger charge is 2.48. The molecule has 1 saturated carbocycles. The van der Waals surface area contributed by atoms with Gasteiger partial charge < -0.3 is 25.0 Å². The van der Waals surface area contributed by atoms with Crippen LogP contribution in [0.3, 0.4) is 0 Å². The number of hydrogen-bond acceptors (Lipinski definition) is 6. The van der Waals surface area contributed by atoms with Crippen molar-refractivity contribution in [2.75, 3.05) is 0 Å². The van der Waals surface area contributed by atoms with Gasteiger partial charge >= 0.3 is 12.1 Å². The maximum atomic E-state index is 14.5. The van der Waals surface area contributed by atoms with Crippen molar-refractivity contribution in [3.8, 4) is 0 Å². The van der Waals surface area contributed by atoms with Crippen LogP contribution in [0.5, 0.6) is 0 Å². The summed E-state index contributed by atoms with van der Waals surface area (Å²) in [6.07, 6.45) is 0.201. The molecule has 0 saturated heterocycles. The molecule has 3 rings (SSSR count). The minimum Gasteiger partial charge on any atom is -0.458 e. The molecule has 0 radical (unpaired) electrons. The molecule has 0 spiro atoms. The molecule has 5 atom stereocenters. The van der Waals surface area contributed by atoms with Crippen LogP contribution in [-0.2, 0) is 30.3 Å². The van der Waals surface area contributed by atoms with Crippen LogP contribution in [0.25, 0.3) is 0 Å². The number of benzene rings is 2. The van der Waals surface area contributed by atoms with Gasteiger partial charge in [-0.3, -0.25) is 9.59 Å². The highest BCUT2D eigenvalue weighted by Crippen LogP contribution is 2.41. The molecule has 9 nitrogen and oxygen atoms in total. The molecule has 1 aliphatic rings. The Morgan fingerprint density at radius 1 is 0.886 bits per heavy atom. The third-order valence-corrected chi connectivity index (χ3v) is 7.54. The number of aryl methyl sites for hydroxylation is 1. The molecular formula is C35H49N3O6. The van der Waals surface area contributed by atoms with Crippen LogP contribution < -0.4 is 10.6 Å². The van der Waals surface area contributed by atoms with Gasteiger partial charge in [0.15, 0.2) is 0 Å². The monoisotopic (exact) mass is 607 g/mol. The van der Waals surface area contributed by atoms with Gasteiger partial charge in [-0.1, -0.05) is 55.5 Å². The lowest BCUT2D eigenvalue weighted by molar-refractivity contribution is -0.159. The number of carbonyl (C=O) groups excluding carboxylic acids is 4. The van der Waals surface area contributed by atoms with E-state index in [1.165, 1.54) is 0 Å². The lowest BCUT2D eigenvalue weighted by Crippen LogP contribution is -2.55. The zero-order valence-electron chi connectivity index (χ0n) is 27.8. The van der Waals surface area contributed by atoms with Crippen LogP contribution in [0.2, 0.25) is 0 Å². The summed E-state index contributed by atoms with van der Waals surface area (Å²) in [5, 5.41) is 5.60. The zero-order valence-corrected chi connectivity index (χ0v) is 27.8. The summed E-state index contributed by atoms with van der Waals surface area (Å²) in [5.41, 5.74) is 1.83. The van der Waals surface area contributed by atoms with Gasteiger partial charge in [-0.15, -0.1) is 0 Å². The minimum absolute atomic E-state index is 0.152. The Morgan fingerprint density at radius 2 is 1.48 bits per heavy atom. The van der Waals surface area contributed by atoms with Crippen molar-refractivity contribution in [2.45, 2.75) is 117 Å². The average Bonchev–Trinajstić information content (AvgIpc) is 3.62. The largest absolute Gasteiger partial charge is 0.458 e. The fraction of sp³-hybridized carbons (Fsp3) is 0.543. The molecule has 1 aliphatic carbocycles. The van der Waals surface area contributed by atoms with Crippen LogP contribution in [0, 0.1) is 19.8 Å². The summed E-state index contributed by atoms with van der Waals surface area (Å²) in [7, 11) is 0. The van der Waals surface area contributed by atoms with E-state index < -0.39 is 53.2 Å². The van der Waals surface area contributed by atoms with E-state index in [-0.39, 0.29) is 18.4 Å². The van der Waals surface area contributed by atoms with Gasteiger partial charge in [0.05, 0.1) is 0 Å². The van der Waals surface area contributed by atoms with E-state index in [2.05, 4.69) is 10.6 Å². The molecule has 0 aliphatic heterocycles. The lowest BCUT2D eigenvalue weighted by atomic mass is 9.94. The van der Waals surface area contributed by atoms with Crippen LogP contribution in [0.4, 0.5) is 4.79 Å². The SMILES string of the molecule is Cc1cccc(C(C(=O)NC(Cc2ccccc2)C(=O)OC(C)(C)C)N(C(=O)C(C)NC(=O)OC(C)(C)C)C2CC2C)c1C. The fourth-order valence-electron chi connectivity index (χ4n) is 5.10. The van der Waals surface area contributed by atoms with E-state index >= 15 is 0 Å². The van der Waals surface area contributed by atoms with Gasteiger partial charge in [0, 0.05) is 12.5 Å². The maximum Gasteiger partial charge on any atom is 0.408 e. The smallest absolute Gasteiger partial charge is 0.408 e. The van der Waals surface area contributed by atoms with E-state index in [9.17, 15) is 19.2 Å². The zero-order chi connectivity index (χ0) is 33.0. The molecule has 5 unspecified atom stereocenters. The van der Waals surface area contributed by atoms with Gasteiger partial charge in [-0.25, -0.2) is 9.59 Å². The van der Waals surface area contributed by atoms with E-state index in [0.717, 1.165) is 16.7 Å². The first kappa shape index (κ1) is 34.6. The van der Waals surface area contributed by atoms with Crippen molar-refractivity contribution < 1.29 is 28.7 Å². The molecule has 2 N–H and O–H groups in total. The van der Waals surface area contributed by atoms with E-state index in [0.29, 0.717) is 12.0 Å². The summed E-state index contributed by atoms with van der Waals surface area (Å²) in [4.78, 5) is 56.3. The number of amides is 3. The van der Waals surface area contributed by atoms with E-state index in [1.54, 1.807) is 53.4 Å². The number of carbonyl (C=O) groups is 4.